The van der Waals surface area contributed by atoms with Crippen LogP contribution >= 0.6 is 0 Å². The molecule has 1 heterocycles. The van der Waals surface area contributed by atoms with E-state index in [9.17, 15) is 4.79 Å². The highest BCUT2D eigenvalue weighted by Gasteiger charge is 2.19. The van der Waals surface area contributed by atoms with E-state index in [-0.39, 0.29) is 5.91 Å². The molecule has 1 aromatic rings. The Kier molecular flexibility index (Phi) is 4.38. The van der Waals surface area contributed by atoms with Gasteiger partial charge in [0.15, 0.2) is 0 Å². The van der Waals surface area contributed by atoms with Crippen LogP contribution in [0.1, 0.15) is 48.7 Å². The number of nitrogens with one attached hydrogen (secondary N) is 1. The number of nitrogen functional groups attached to an aromatic ring is 1. The molecule has 5 nitrogen and oxygen atoms in total. The van der Waals surface area contributed by atoms with E-state index in [1.165, 1.54) is 19.1 Å². The Morgan fingerprint density at radius 2 is 2.44 bits per heavy atom. The Morgan fingerprint density at radius 3 is 3.17 bits per heavy atom. The van der Waals surface area contributed by atoms with Gasteiger partial charge in [0, 0.05) is 0 Å². The molecule has 1 aromatic heterocycles. The lowest BCUT2D eigenvalue weighted by Crippen LogP contribution is -2.29. The summed E-state index contributed by atoms with van der Waals surface area (Å²) in [6, 6.07) is 1.66. The van der Waals surface area contributed by atoms with E-state index in [4.69, 9.17) is 15.0 Å². The van der Waals surface area contributed by atoms with Crippen LogP contribution in [0.25, 0.3) is 0 Å². The van der Waals surface area contributed by atoms with Gasteiger partial charge < -0.3 is 9.15 Å². The summed E-state index contributed by atoms with van der Waals surface area (Å²) in [5, 5.41) is 0. The zero-order chi connectivity index (χ0) is 13.0. The summed E-state index contributed by atoms with van der Waals surface area (Å²) in [4.78, 5) is 11.2. The lowest BCUT2D eigenvalue weighted by molar-refractivity contribution is -0.00264. The van der Waals surface area contributed by atoms with Crippen LogP contribution in [0.4, 0.5) is 0 Å². The number of hydrazine groups is 1. The molecule has 2 rings (SSSR count). The molecule has 0 spiro atoms. The lowest BCUT2D eigenvalue weighted by Gasteiger charge is -2.26. The van der Waals surface area contributed by atoms with E-state index in [0.717, 1.165) is 18.8 Å². The summed E-state index contributed by atoms with van der Waals surface area (Å²) in [5.41, 5.74) is 2.49. The second kappa shape index (κ2) is 6.02. The number of amides is 1. The van der Waals surface area contributed by atoms with Gasteiger partial charge in [0.2, 0.25) is 0 Å². The van der Waals surface area contributed by atoms with Gasteiger partial charge in [0.25, 0.3) is 5.91 Å². The van der Waals surface area contributed by atoms with Crippen molar-refractivity contribution in [1.29, 1.82) is 0 Å². The maximum absolute atomic E-state index is 11.2. The van der Waals surface area contributed by atoms with Gasteiger partial charge in [-0.2, -0.15) is 0 Å². The van der Waals surface area contributed by atoms with E-state index >= 15 is 0 Å². The maximum Gasteiger partial charge on any atom is 0.268 e. The van der Waals surface area contributed by atoms with Crippen molar-refractivity contribution < 1.29 is 13.9 Å². The van der Waals surface area contributed by atoms with Crippen LogP contribution in [0, 0.1) is 5.92 Å². The average molecular weight is 252 g/mol. The van der Waals surface area contributed by atoms with Gasteiger partial charge in [0.1, 0.15) is 18.6 Å². The smallest absolute Gasteiger partial charge is 0.268 e. The van der Waals surface area contributed by atoms with Gasteiger partial charge >= 0.3 is 0 Å². The molecule has 0 radical (unpaired) electrons. The monoisotopic (exact) mass is 252 g/mol. The van der Waals surface area contributed by atoms with Crippen molar-refractivity contribution in [1.82, 2.24) is 5.43 Å². The molecule has 18 heavy (non-hydrogen) atoms. The van der Waals surface area contributed by atoms with E-state index in [1.807, 2.05) is 0 Å². The summed E-state index contributed by atoms with van der Waals surface area (Å²) in [6.45, 7) is 2.67. The Bertz CT molecular complexity index is 403. The third-order valence-electron chi connectivity index (χ3n) is 3.40. The molecule has 1 saturated carbocycles. The number of carbonyl (C=O) groups excluding carboxylic acids is 1. The number of hydrogen-bond donors (Lipinski definition) is 2. The van der Waals surface area contributed by atoms with Crippen molar-refractivity contribution in [3.63, 3.8) is 0 Å². The number of nitrogens with two attached hydrogens (primary N) is 1. The van der Waals surface area contributed by atoms with Gasteiger partial charge in [-0.15, -0.1) is 0 Å². The molecule has 2 unspecified atom stereocenters. The minimum absolute atomic E-state index is 0.311. The third kappa shape index (κ3) is 3.34. The highest BCUT2D eigenvalue weighted by Crippen LogP contribution is 2.26. The first-order chi connectivity index (χ1) is 8.69. The predicted molar refractivity (Wildman–Crippen MR) is 66.6 cm³/mol. The number of ether oxygens (including phenoxy) is 1. The maximum atomic E-state index is 11.2. The normalized spacial score (nSPS) is 23.9. The Balaban J connectivity index is 1.82. The molecule has 1 aliphatic carbocycles. The summed E-state index contributed by atoms with van der Waals surface area (Å²) < 4.78 is 11.1. The number of hydrogen-bond acceptors (Lipinski definition) is 4. The van der Waals surface area contributed by atoms with Crippen LogP contribution in [0.2, 0.25) is 0 Å². The summed E-state index contributed by atoms with van der Waals surface area (Å²) in [7, 11) is 0. The molecule has 2 atom stereocenters. The molecular formula is C13H20N2O3. The number of carbonyl (C=O) groups is 1. The summed E-state index contributed by atoms with van der Waals surface area (Å²) in [5.74, 6) is 6.09. The molecule has 0 aromatic carbocycles. The molecule has 1 aliphatic rings. The van der Waals surface area contributed by atoms with Crippen LogP contribution in [-0.4, -0.2) is 12.0 Å². The minimum Gasteiger partial charge on any atom is -0.466 e. The molecule has 1 amide bonds. The topological polar surface area (TPSA) is 77.5 Å². The van der Waals surface area contributed by atoms with Crippen molar-refractivity contribution in [3.05, 3.63) is 23.7 Å². The second-order valence-electron chi connectivity index (χ2n) is 4.98. The van der Waals surface area contributed by atoms with Gasteiger partial charge in [0.05, 0.1) is 11.7 Å². The van der Waals surface area contributed by atoms with Crippen molar-refractivity contribution in [2.75, 3.05) is 0 Å². The molecule has 1 fully saturated rings. The van der Waals surface area contributed by atoms with E-state index < -0.39 is 0 Å². The molecule has 0 aliphatic heterocycles. The number of rotatable bonds is 4. The fraction of sp³-hybridized carbons (Fsp3) is 0.615. The number of furan rings is 1. The van der Waals surface area contributed by atoms with E-state index in [0.29, 0.717) is 24.0 Å². The zero-order valence-corrected chi connectivity index (χ0v) is 10.6. The SMILES string of the molecule is CC1CCCC(OCc2cc(C(=O)NN)co2)C1. The molecule has 5 heteroatoms. The molecule has 0 saturated heterocycles. The van der Waals surface area contributed by atoms with Crippen molar-refractivity contribution in [2.45, 2.75) is 45.3 Å². The largest absolute Gasteiger partial charge is 0.466 e. The quantitative estimate of drug-likeness (QED) is 0.488. The van der Waals surface area contributed by atoms with Crippen molar-refractivity contribution >= 4 is 5.91 Å². The first-order valence-electron chi connectivity index (χ1n) is 6.39. The average Bonchev–Trinajstić information content (AvgIpc) is 2.84. The van der Waals surface area contributed by atoms with E-state index in [2.05, 4.69) is 12.3 Å². The first-order valence-corrected chi connectivity index (χ1v) is 6.39. The van der Waals surface area contributed by atoms with E-state index in [1.54, 1.807) is 6.07 Å². The fourth-order valence-electron chi connectivity index (χ4n) is 2.39. The van der Waals surface area contributed by atoms with Crippen LogP contribution in [0.15, 0.2) is 16.7 Å². The predicted octanol–water partition coefficient (Wildman–Crippen LogP) is 1.98. The van der Waals surface area contributed by atoms with Crippen LogP contribution in [0.3, 0.4) is 0 Å². The zero-order valence-electron chi connectivity index (χ0n) is 10.6. The Labute approximate surface area is 107 Å². The molecule has 0 bridgehead atoms. The minimum atomic E-state index is -0.351. The highest BCUT2D eigenvalue weighted by molar-refractivity contribution is 5.93. The summed E-state index contributed by atoms with van der Waals surface area (Å²) >= 11 is 0. The lowest BCUT2D eigenvalue weighted by atomic mass is 9.89. The van der Waals surface area contributed by atoms with Crippen LogP contribution < -0.4 is 11.3 Å². The van der Waals surface area contributed by atoms with Gasteiger partial charge in [-0.05, 0) is 24.8 Å². The van der Waals surface area contributed by atoms with Gasteiger partial charge in [-0.1, -0.05) is 19.8 Å². The molecule has 3 N–H and O–H groups in total. The summed E-state index contributed by atoms with van der Waals surface area (Å²) in [6.07, 6.45) is 6.44. The van der Waals surface area contributed by atoms with Crippen LogP contribution in [-0.2, 0) is 11.3 Å². The standard InChI is InChI=1S/C13H20N2O3/c1-9-3-2-4-11(5-9)18-8-12-6-10(7-17-12)13(16)15-14/h6-7,9,11H,2-5,8,14H2,1H3,(H,15,16). The van der Waals surface area contributed by atoms with Gasteiger partial charge in [-0.25, -0.2) is 5.84 Å². The van der Waals surface area contributed by atoms with Gasteiger partial charge in [-0.3, -0.25) is 10.2 Å². The third-order valence-corrected chi connectivity index (χ3v) is 3.40. The fourth-order valence-corrected chi connectivity index (χ4v) is 2.39. The highest BCUT2D eigenvalue weighted by atomic mass is 16.5. The first kappa shape index (κ1) is 13.1. The second-order valence-corrected chi connectivity index (χ2v) is 4.98. The Hall–Kier alpha value is -1.33. The van der Waals surface area contributed by atoms with Crippen LogP contribution in [0.5, 0.6) is 0 Å². The van der Waals surface area contributed by atoms with Crippen molar-refractivity contribution in [3.8, 4) is 0 Å². The molecule has 100 valence electrons. The molecular weight excluding hydrogens is 232 g/mol. The van der Waals surface area contributed by atoms with Crippen molar-refractivity contribution in [2.24, 2.45) is 11.8 Å². The Morgan fingerprint density at radius 1 is 1.61 bits per heavy atom.